The molecule has 2 aliphatic rings. The molecule has 2 unspecified atom stereocenters. The summed E-state index contributed by atoms with van der Waals surface area (Å²) in [6.07, 6.45) is 6.54. The van der Waals surface area contributed by atoms with Gasteiger partial charge in [0.1, 0.15) is 0 Å². The maximum Gasteiger partial charge on any atom is 0.224 e. The van der Waals surface area contributed by atoms with Gasteiger partial charge in [0.25, 0.3) is 0 Å². The van der Waals surface area contributed by atoms with Crippen molar-refractivity contribution in [1.29, 1.82) is 0 Å². The van der Waals surface area contributed by atoms with Gasteiger partial charge in [0.2, 0.25) is 5.91 Å². The van der Waals surface area contributed by atoms with E-state index in [2.05, 4.69) is 5.10 Å². The number of aryl methyl sites for hydroxylation is 2. The second kappa shape index (κ2) is 6.61. The topological polar surface area (TPSA) is 67.6 Å². The molecular formula is C17H27N3O3. The summed E-state index contributed by atoms with van der Waals surface area (Å²) in [6.45, 7) is 6.74. The van der Waals surface area contributed by atoms with Gasteiger partial charge in [-0.1, -0.05) is 0 Å². The summed E-state index contributed by atoms with van der Waals surface area (Å²) in [6, 6.07) is 0. The molecule has 2 heterocycles. The smallest absolute Gasteiger partial charge is 0.224 e. The average Bonchev–Trinajstić information content (AvgIpc) is 2.98. The number of hydrogen-bond acceptors (Lipinski definition) is 4. The minimum atomic E-state index is -0.275. The lowest BCUT2D eigenvalue weighted by Gasteiger charge is -2.56. The second-order valence-corrected chi connectivity index (χ2v) is 6.84. The molecule has 1 aliphatic heterocycles. The van der Waals surface area contributed by atoms with Crippen LogP contribution in [0.25, 0.3) is 0 Å². The average molecular weight is 321 g/mol. The van der Waals surface area contributed by atoms with E-state index >= 15 is 0 Å². The monoisotopic (exact) mass is 321 g/mol. The van der Waals surface area contributed by atoms with Gasteiger partial charge in [-0.3, -0.25) is 9.48 Å². The largest absolute Gasteiger partial charge is 0.392 e. The van der Waals surface area contributed by atoms with Gasteiger partial charge in [-0.05, 0) is 32.3 Å². The van der Waals surface area contributed by atoms with Crippen LogP contribution in [0.4, 0.5) is 0 Å². The van der Waals surface area contributed by atoms with Crippen molar-refractivity contribution in [3.05, 3.63) is 18.0 Å². The minimum absolute atomic E-state index is 0.119. The number of carbonyl (C=O) groups excluding carboxylic acids is 1. The van der Waals surface area contributed by atoms with Gasteiger partial charge in [0.05, 0.1) is 18.4 Å². The summed E-state index contributed by atoms with van der Waals surface area (Å²) in [5.41, 5.74) is 0.990. The number of amides is 1. The Bertz CT molecular complexity index is 547. The van der Waals surface area contributed by atoms with Crippen molar-refractivity contribution in [2.24, 2.45) is 5.41 Å². The predicted molar refractivity (Wildman–Crippen MR) is 85.9 cm³/mol. The number of piperidine rings is 1. The van der Waals surface area contributed by atoms with Crippen molar-refractivity contribution in [1.82, 2.24) is 14.7 Å². The fraction of sp³-hybridized carbons (Fsp3) is 0.765. The Morgan fingerprint density at radius 1 is 1.48 bits per heavy atom. The summed E-state index contributed by atoms with van der Waals surface area (Å²) < 4.78 is 7.59. The van der Waals surface area contributed by atoms with E-state index in [1.54, 1.807) is 6.20 Å². The minimum Gasteiger partial charge on any atom is -0.392 e. The van der Waals surface area contributed by atoms with Crippen LogP contribution in [0.1, 0.15) is 38.2 Å². The second-order valence-electron chi connectivity index (χ2n) is 6.84. The molecule has 6 heteroatoms. The molecule has 23 heavy (non-hydrogen) atoms. The molecule has 3 rings (SSSR count). The maximum atomic E-state index is 12.4. The Morgan fingerprint density at radius 3 is 2.78 bits per heavy atom. The molecule has 1 aliphatic carbocycles. The number of ether oxygens (including phenoxy) is 1. The number of aliphatic hydroxyl groups excluding tert-OH is 1. The molecule has 1 aromatic heterocycles. The van der Waals surface area contributed by atoms with E-state index in [1.807, 2.05) is 29.6 Å². The first kappa shape index (κ1) is 16.5. The van der Waals surface area contributed by atoms with Crippen molar-refractivity contribution in [3.63, 3.8) is 0 Å². The Hall–Kier alpha value is -1.40. The Labute approximate surface area is 137 Å². The lowest BCUT2D eigenvalue weighted by molar-refractivity contribution is -0.210. The van der Waals surface area contributed by atoms with Crippen molar-refractivity contribution in [3.8, 4) is 0 Å². The van der Waals surface area contributed by atoms with Crippen molar-refractivity contribution in [2.45, 2.75) is 58.3 Å². The molecular weight excluding hydrogens is 294 g/mol. The van der Waals surface area contributed by atoms with Gasteiger partial charge in [0.15, 0.2) is 0 Å². The molecule has 1 aromatic rings. The third-order valence-electron chi connectivity index (χ3n) is 5.47. The third-order valence-corrected chi connectivity index (χ3v) is 5.47. The standard InChI is InChI=1S/C17H27N3O3/c1-3-23-15-10-14(21)17(15)5-8-19(9-6-17)16(22)4-7-20-12-13(2)11-18-20/h11-12,14-15,21H,3-10H2,1-2H3. The molecule has 0 aromatic carbocycles. The number of nitrogens with zero attached hydrogens (tertiary/aromatic N) is 3. The van der Waals surface area contributed by atoms with Gasteiger partial charge in [-0.15, -0.1) is 0 Å². The van der Waals surface area contributed by atoms with Crippen LogP contribution < -0.4 is 0 Å². The highest BCUT2D eigenvalue weighted by molar-refractivity contribution is 5.76. The first-order chi connectivity index (χ1) is 11.0. The summed E-state index contributed by atoms with van der Waals surface area (Å²) in [5.74, 6) is 0.176. The van der Waals surface area contributed by atoms with Crippen LogP contribution in [-0.2, 0) is 16.1 Å². The highest BCUT2D eigenvalue weighted by Crippen LogP contribution is 2.50. The number of carbonyl (C=O) groups is 1. The van der Waals surface area contributed by atoms with E-state index in [0.717, 1.165) is 37.9 Å². The van der Waals surface area contributed by atoms with E-state index in [9.17, 15) is 9.90 Å². The quantitative estimate of drug-likeness (QED) is 0.889. The Balaban J connectivity index is 1.49. The highest BCUT2D eigenvalue weighted by atomic mass is 16.5. The number of aliphatic hydroxyl groups is 1. The van der Waals surface area contributed by atoms with Crippen LogP contribution in [0, 0.1) is 12.3 Å². The van der Waals surface area contributed by atoms with E-state index < -0.39 is 0 Å². The van der Waals surface area contributed by atoms with Crippen molar-refractivity contribution >= 4 is 5.91 Å². The van der Waals surface area contributed by atoms with Crippen LogP contribution in [-0.4, -0.2) is 57.6 Å². The molecule has 1 saturated carbocycles. The summed E-state index contributed by atoms with van der Waals surface area (Å²) in [4.78, 5) is 14.3. The van der Waals surface area contributed by atoms with Gasteiger partial charge < -0.3 is 14.7 Å². The van der Waals surface area contributed by atoms with Crippen LogP contribution >= 0.6 is 0 Å². The Kier molecular flexibility index (Phi) is 4.73. The number of rotatable bonds is 5. The van der Waals surface area contributed by atoms with E-state index in [0.29, 0.717) is 19.6 Å². The maximum absolute atomic E-state index is 12.4. The fourth-order valence-corrected chi connectivity index (χ4v) is 3.95. The van der Waals surface area contributed by atoms with Gasteiger partial charge in [-0.25, -0.2) is 0 Å². The molecule has 0 radical (unpaired) electrons. The fourth-order valence-electron chi connectivity index (χ4n) is 3.95. The zero-order valence-electron chi connectivity index (χ0n) is 14.1. The zero-order chi connectivity index (χ0) is 16.4. The number of hydrogen-bond donors (Lipinski definition) is 1. The molecule has 1 saturated heterocycles. The molecule has 2 fully saturated rings. The molecule has 6 nitrogen and oxygen atoms in total. The van der Waals surface area contributed by atoms with Crippen LogP contribution in [0.2, 0.25) is 0 Å². The third kappa shape index (κ3) is 3.15. The van der Waals surface area contributed by atoms with Gasteiger partial charge in [-0.2, -0.15) is 5.10 Å². The molecule has 1 N–H and O–H groups in total. The lowest BCUT2D eigenvalue weighted by Crippen LogP contribution is -2.62. The van der Waals surface area contributed by atoms with Gasteiger partial charge >= 0.3 is 0 Å². The summed E-state index contributed by atoms with van der Waals surface area (Å²) >= 11 is 0. The molecule has 1 amide bonds. The molecule has 128 valence electrons. The van der Waals surface area contributed by atoms with Crippen molar-refractivity contribution in [2.75, 3.05) is 19.7 Å². The van der Waals surface area contributed by atoms with Crippen LogP contribution in [0.15, 0.2) is 12.4 Å². The van der Waals surface area contributed by atoms with Gasteiger partial charge in [0, 0.05) is 50.7 Å². The van der Waals surface area contributed by atoms with E-state index in [-0.39, 0.29) is 23.5 Å². The normalized spacial score (nSPS) is 26.3. The first-order valence-corrected chi connectivity index (χ1v) is 8.61. The predicted octanol–water partition coefficient (Wildman–Crippen LogP) is 1.36. The lowest BCUT2D eigenvalue weighted by atomic mass is 9.58. The molecule has 2 atom stereocenters. The SMILES string of the molecule is CCOC1CC(O)C12CCN(C(=O)CCn1cc(C)cn1)CC2. The Morgan fingerprint density at radius 2 is 2.22 bits per heavy atom. The van der Waals surface area contributed by atoms with E-state index in [1.165, 1.54) is 0 Å². The number of likely N-dealkylation sites (tertiary alicyclic amines) is 1. The molecule has 1 spiro atoms. The summed E-state index contributed by atoms with van der Waals surface area (Å²) in [5, 5.41) is 14.4. The summed E-state index contributed by atoms with van der Waals surface area (Å²) in [7, 11) is 0. The highest BCUT2D eigenvalue weighted by Gasteiger charge is 2.56. The number of aromatic nitrogens is 2. The van der Waals surface area contributed by atoms with Crippen LogP contribution in [0.3, 0.4) is 0 Å². The van der Waals surface area contributed by atoms with Crippen LogP contribution in [0.5, 0.6) is 0 Å². The molecule has 0 bridgehead atoms. The van der Waals surface area contributed by atoms with E-state index in [4.69, 9.17) is 4.74 Å². The first-order valence-electron chi connectivity index (χ1n) is 8.61. The zero-order valence-corrected chi connectivity index (χ0v) is 14.1. The van der Waals surface area contributed by atoms with Crippen molar-refractivity contribution < 1.29 is 14.6 Å².